The molecule has 0 aromatic carbocycles. The molecule has 0 aliphatic carbocycles. The minimum absolute atomic E-state index is 0. The third-order valence-electron chi connectivity index (χ3n) is 2.77. The predicted molar refractivity (Wildman–Crippen MR) is 67.0 cm³/mol. The summed E-state index contributed by atoms with van der Waals surface area (Å²) in [5, 5.41) is 6.24. The number of hydrogen-bond donors (Lipinski definition) is 2. The van der Waals surface area contributed by atoms with Gasteiger partial charge in [0, 0.05) is 19.8 Å². The Bertz CT molecular complexity index is 196. The molecule has 0 aromatic heterocycles. The van der Waals surface area contributed by atoms with Crippen LogP contribution in [0.2, 0.25) is 0 Å². The summed E-state index contributed by atoms with van der Waals surface area (Å²) in [5.74, 6) is 0.137. The van der Waals surface area contributed by atoms with Crippen LogP contribution in [0, 0.1) is 0 Å². The van der Waals surface area contributed by atoms with Crippen LogP contribution in [-0.4, -0.2) is 38.3 Å². The highest BCUT2D eigenvalue weighted by Crippen LogP contribution is 2.07. The van der Waals surface area contributed by atoms with Gasteiger partial charge in [-0.15, -0.1) is 12.4 Å². The number of rotatable bonds is 5. The van der Waals surface area contributed by atoms with E-state index >= 15 is 0 Å². The van der Waals surface area contributed by atoms with Gasteiger partial charge >= 0.3 is 0 Å². The van der Waals surface area contributed by atoms with Gasteiger partial charge in [-0.2, -0.15) is 0 Å². The minimum Gasteiger partial charge on any atom is -0.385 e. The standard InChI is InChI=1S/C11H22N2O2.ClH/c1-9(6-8-15-2)13-11(14)10-5-3-4-7-12-10;/h9-10,12H,3-8H2,1-2H3,(H,13,14);1H. The highest BCUT2D eigenvalue weighted by molar-refractivity contribution is 5.85. The van der Waals surface area contributed by atoms with Crippen molar-refractivity contribution in [2.24, 2.45) is 0 Å². The fraction of sp³-hybridized carbons (Fsp3) is 0.909. The molecule has 0 aromatic rings. The van der Waals surface area contributed by atoms with Gasteiger partial charge in [0.25, 0.3) is 0 Å². The maximum Gasteiger partial charge on any atom is 0.237 e. The third kappa shape index (κ3) is 5.68. The maximum absolute atomic E-state index is 11.8. The van der Waals surface area contributed by atoms with Crippen molar-refractivity contribution in [3.63, 3.8) is 0 Å². The summed E-state index contributed by atoms with van der Waals surface area (Å²) in [5.41, 5.74) is 0. The van der Waals surface area contributed by atoms with E-state index in [0.717, 1.165) is 25.8 Å². The van der Waals surface area contributed by atoms with Gasteiger partial charge in [0.15, 0.2) is 0 Å². The molecule has 0 saturated carbocycles. The molecule has 4 nitrogen and oxygen atoms in total. The molecule has 2 N–H and O–H groups in total. The zero-order valence-corrected chi connectivity index (χ0v) is 10.9. The molecule has 1 amide bonds. The monoisotopic (exact) mass is 250 g/mol. The van der Waals surface area contributed by atoms with Gasteiger partial charge < -0.3 is 15.4 Å². The van der Waals surface area contributed by atoms with E-state index in [2.05, 4.69) is 10.6 Å². The molecule has 0 radical (unpaired) electrons. The molecule has 2 unspecified atom stereocenters. The largest absolute Gasteiger partial charge is 0.385 e. The highest BCUT2D eigenvalue weighted by Gasteiger charge is 2.21. The molecule has 2 atom stereocenters. The average molecular weight is 251 g/mol. The number of halogens is 1. The van der Waals surface area contributed by atoms with Crippen LogP contribution in [0.5, 0.6) is 0 Å². The number of carbonyl (C=O) groups is 1. The normalized spacial score (nSPS) is 22.0. The Balaban J connectivity index is 0.00000225. The number of ether oxygens (including phenoxy) is 1. The summed E-state index contributed by atoms with van der Waals surface area (Å²) in [6.45, 7) is 3.67. The van der Waals surface area contributed by atoms with Crippen LogP contribution in [0.15, 0.2) is 0 Å². The lowest BCUT2D eigenvalue weighted by Crippen LogP contribution is -2.49. The number of carbonyl (C=O) groups excluding carboxylic acids is 1. The first-order chi connectivity index (χ1) is 7.24. The van der Waals surface area contributed by atoms with E-state index in [-0.39, 0.29) is 30.4 Å². The first kappa shape index (κ1) is 15.7. The lowest BCUT2D eigenvalue weighted by atomic mass is 10.0. The van der Waals surface area contributed by atoms with E-state index in [1.165, 1.54) is 6.42 Å². The summed E-state index contributed by atoms with van der Waals surface area (Å²) in [6.07, 6.45) is 4.17. The van der Waals surface area contributed by atoms with Gasteiger partial charge in [-0.3, -0.25) is 4.79 Å². The third-order valence-corrected chi connectivity index (χ3v) is 2.77. The van der Waals surface area contributed by atoms with Crippen LogP contribution in [0.1, 0.15) is 32.6 Å². The zero-order valence-electron chi connectivity index (χ0n) is 10.1. The molecule has 1 saturated heterocycles. The lowest BCUT2D eigenvalue weighted by molar-refractivity contribution is -0.124. The Kier molecular flexibility index (Phi) is 8.61. The van der Waals surface area contributed by atoms with Crippen LogP contribution >= 0.6 is 12.4 Å². The van der Waals surface area contributed by atoms with Gasteiger partial charge in [0.1, 0.15) is 0 Å². The van der Waals surface area contributed by atoms with Crippen LogP contribution in [-0.2, 0) is 9.53 Å². The summed E-state index contributed by atoms with van der Waals surface area (Å²) in [7, 11) is 1.68. The summed E-state index contributed by atoms with van der Waals surface area (Å²) < 4.78 is 4.97. The molecule has 1 heterocycles. The SMILES string of the molecule is COCCC(C)NC(=O)C1CCCCN1.Cl. The second-order valence-electron chi connectivity index (χ2n) is 4.19. The van der Waals surface area contributed by atoms with E-state index in [4.69, 9.17) is 4.74 Å². The molecular formula is C11H23ClN2O2. The quantitative estimate of drug-likeness (QED) is 0.768. The van der Waals surface area contributed by atoms with Crippen LogP contribution in [0.4, 0.5) is 0 Å². The van der Waals surface area contributed by atoms with Crippen molar-refractivity contribution < 1.29 is 9.53 Å². The molecule has 1 aliphatic heterocycles. The van der Waals surface area contributed by atoms with Gasteiger partial charge in [0.2, 0.25) is 5.91 Å². The van der Waals surface area contributed by atoms with Crippen LogP contribution in [0.3, 0.4) is 0 Å². The van der Waals surface area contributed by atoms with Crippen molar-refractivity contribution in [2.75, 3.05) is 20.3 Å². The second-order valence-corrected chi connectivity index (χ2v) is 4.19. The van der Waals surface area contributed by atoms with Crippen molar-refractivity contribution in [3.05, 3.63) is 0 Å². The Labute approximate surface area is 104 Å². The predicted octanol–water partition coefficient (Wildman–Crippen LogP) is 1.09. The minimum atomic E-state index is 0. The van der Waals surface area contributed by atoms with E-state index < -0.39 is 0 Å². The van der Waals surface area contributed by atoms with Gasteiger partial charge in [-0.05, 0) is 32.7 Å². The van der Waals surface area contributed by atoms with E-state index in [9.17, 15) is 4.79 Å². The molecular weight excluding hydrogens is 228 g/mol. The number of piperidine rings is 1. The molecule has 5 heteroatoms. The highest BCUT2D eigenvalue weighted by atomic mass is 35.5. The molecule has 0 bridgehead atoms. The fourth-order valence-corrected chi connectivity index (χ4v) is 1.79. The van der Waals surface area contributed by atoms with Crippen LogP contribution in [0.25, 0.3) is 0 Å². The number of amides is 1. The molecule has 1 rings (SSSR count). The number of methoxy groups -OCH3 is 1. The Morgan fingerprint density at radius 2 is 2.31 bits per heavy atom. The Morgan fingerprint density at radius 3 is 2.88 bits per heavy atom. The maximum atomic E-state index is 11.8. The van der Waals surface area contributed by atoms with E-state index in [0.29, 0.717) is 6.61 Å². The summed E-state index contributed by atoms with van der Waals surface area (Å²) >= 11 is 0. The number of hydrogen-bond acceptors (Lipinski definition) is 3. The van der Waals surface area contributed by atoms with Gasteiger partial charge in [0.05, 0.1) is 6.04 Å². The smallest absolute Gasteiger partial charge is 0.237 e. The molecule has 96 valence electrons. The topological polar surface area (TPSA) is 50.4 Å². The lowest BCUT2D eigenvalue weighted by Gasteiger charge is -2.24. The van der Waals surface area contributed by atoms with Crippen molar-refractivity contribution in [2.45, 2.75) is 44.7 Å². The Morgan fingerprint density at radius 1 is 1.56 bits per heavy atom. The van der Waals surface area contributed by atoms with Crippen molar-refractivity contribution in [1.29, 1.82) is 0 Å². The summed E-state index contributed by atoms with van der Waals surface area (Å²) in [4.78, 5) is 11.8. The zero-order chi connectivity index (χ0) is 11.1. The van der Waals surface area contributed by atoms with Gasteiger partial charge in [-0.1, -0.05) is 6.42 Å². The fourth-order valence-electron chi connectivity index (χ4n) is 1.79. The first-order valence-corrected chi connectivity index (χ1v) is 5.76. The van der Waals surface area contributed by atoms with Crippen molar-refractivity contribution >= 4 is 18.3 Å². The summed E-state index contributed by atoms with van der Waals surface area (Å²) in [6, 6.07) is 0.213. The molecule has 1 fully saturated rings. The van der Waals surface area contributed by atoms with Crippen molar-refractivity contribution in [1.82, 2.24) is 10.6 Å². The molecule has 0 spiro atoms. The molecule has 16 heavy (non-hydrogen) atoms. The van der Waals surface area contributed by atoms with Crippen molar-refractivity contribution in [3.8, 4) is 0 Å². The average Bonchev–Trinajstić information content (AvgIpc) is 2.27. The van der Waals surface area contributed by atoms with Gasteiger partial charge in [-0.25, -0.2) is 0 Å². The Hall–Kier alpha value is -0.320. The number of nitrogens with one attached hydrogen (secondary N) is 2. The second kappa shape index (κ2) is 8.79. The van der Waals surface area contributed by atoms with Crippen LogP contribution < -0.4 is 10.6 Å². The molecule has 1 aliphatic rings. The van der Waals surface area contributed by atoms with E-state index in [1.807, 2.05) is 6.92 Å². The van der Waals surface area contributed by atoms with E-state index in [1.54, 1.807) is 7.11 Å². The first-order valence-electron chi connectivity index (χ1n) is 5.76.